The van der Waals surface area contributed by atoms with Crippen LogP contribution in [0.25, 0.3) is 4.85 Å². The van der Waals surface area contributed by atoms with E-state index in [2.05, 4.69) is 15.0 Å². The van der Waals surface area contributed by atoms with E-state index >= 15 is 0 Å². The maximum Gasteiger partial charge on any atom is 0.192 e. The molecular formula is C13H11N5O. The fourth-order valence-corrected chi connectivity index (χ4v) is 1.63. The van der Waals surface area contributed by atoms with E-state index in [-0.39, 0.29) is 6.54 Å². The van der Waals surface area contributed by atoms with Gasteiger partial charge in [-0.3, -0.25) is 5.10 Å². The van der Waals surface area contributed by atoms with Gasteiger partial charge >= 0.3 is 0 Å². The fourth-order valence-electron chi connectivity index (χ4n) is 1.63. The molecule has 0 amide bonds. The van der Waals surface area contributed by atoms with Crippen LogP contribution in [0.3, 0.4) is 0 Å². The fraction of sp³-hybridized carbons (Fsp3) is 0.154. The first-order chi connectivity index (χ1) is 9.17. The molecule has 0 aliphatic rings. The summed E-state index contributed by atoms with van der Waals surface area (Å²) in [5.74, 6) is 0.956. The van der Waals surface area contributed by atoms with Crippen LogP contribution in [0.15, 0.2) is 18.2 Å². The molecule has 6 nitrogen and oxygen atoms in total. The third-order valence-corrected chi connectivity index (χ3v) is 2.52. The minimum absolute atomic E-state index is 0.243. The van der Waals surface area contributed by atoms with E-state index in [1.165, 1.54) is 6.07 Å². The topological polar surface area (TPSA) is 92.1 Å². The number of hydrogen-bond donors (Lipinski definition) is 2. The molecule has 1 heterocycles. The number of nitrogens with two attached hydrogens (primary N) is 1. The molecule has 94 valence electrons. The normalized spacial score (nSPS) is 9.68. The van der Waals surface area contributed by atoms with Crippen molar-refractivity contribution < 1.29 is 4.74 Å². The first kappa shape index (κ1) is 12.6. The van der Waals surface area contributed by atoms with E-state index < -0.39 is 0 Å². The minimum atomic E-state index is 0.243. The molecule has 0 saturated heterocycles. The van der Waals surface area contributed by atoms with Crippen molar-refractivity contribution in [2.45, 2.75) is 13.5 Å². The molecule has 1 aromatic carbocycles. The number of nitrogens with one attached hydrogen (secondary N) is 1. The van der Waals surface area contributed by atoms with Gasteiger partial charge in [0.25, 0.3) is 0 Å². The van der Waals surface area contributed by atoms with Gasteiger partial charge in [-0.05, 0) is 25.1 Å². The maximum atomic E-state index is 8.92. The van der Waals surface area contributed by atoms with Gasteiger partial charge in [-0.1, -0.05) is 0 Å². The number of rotatable bonds is 3. The molecule has 0 aliphatic carbocycles. The Morgan fingerprint density at radius 3 is 2.95 bits per heavy atom. The highest BCUT2D eigenvalue weighted by Gasteiger charge is 2.12. The van der Waals surface area contributed by atoms with Crippen molar-refractivity contribution in [3.63, 3.8) is 0 Å². The van der Waals surface area contributed by atoms with E-state index in [0.717, 1.165) is 5.69 Å². The lowest BCUT2D eigenvalue weighted by Crippen LogP contribution is -1.99. The average Bonchev–Trinajstić information content (AvgIpc) is 2.79. The molecule has 6 heteroatoms. The predicted molar refractivity (Wildman–Crippen MR) is 68.7 cm³/mol. The van der Waals surface area contributed by atoms with Crippen LogP contribution < -0.4 is 10.5 Å². The Kier molecular flexibility index (Phi) is 3.46. The molecule has 19 heavy (non-hydrogen) atoms. The molecule has 0 spiro atoms. The second-order valence-electron chi connectivity index (χ2n) is 3.87. The third kappa shape index (κ3) is 2.54. The number of aryl methyl sites for hydroxylation is 1. The van der Waals surface area contributed by atoms with Gasteiger partial charge in [0, 0.05) is 12.1 Å². The molecule has 0 radical (unpaired) electrons. The number of aromatic amines is 1. The van der Waals surface area contributed by atoms with Crippen LogP contribution in [-0.2, 0) is 6.54 Å². The Hall–Kier alpha value is -2.83. The van der Waals surface area contributed by atoms with Crippen molar-refractivity contribution in [1.82, 2.24) is 10.2 Å². The summed E-state index contributed by atoms with van der Waals surface area (Å²) in [7, 11) is 0. The van der Waals surface area contributed by atoms with Crippen molar-refractivity contribution in [2.24, 2.45) is 5.73 Å². The molecular weight excluding hydrogens is 242 g/mol. The number of ether oxygens (including phenoxy) is 1. The van der Waals surface area contributed by atoms with Gasteiger partial charge in [0.2, 0.25) is 0 Å². The molecule has 3 N–H and O–H groups in total. The standard InChI is InChI=1S/C13H11N5O/c1-8-13(12(7-15)18-17-8)19-11-4-9(6-14)3-10(5-11)16-2/h3-5H,7,15H2,1H3,(H,17,18). The van der Waals surface area contributed by atoms with Crippen molar-refractivity contribution >= 4 is 5.69 Å². The second kappa shape index (κ2) is 5.21. The summed E-state index contributed by atoms with van der Waals surface area (Å²) in [4.78, 5) is 3.30. The molecule has 0 fully saturated rings. The van der Waals surface area contributed by atoms with Crippen molar-refractivity contribution in [3.8, 4) is 17.6 Å². The lowest BCUT2D eigenvalue weighted by Gasteiger charge is -2.07. The monoisotopic (exact) mass is 253 g/mol. The van der Waals surface area contributed by atoms with Gasteiger partial charge in [-0.2, -0.15) is 10.4 Å². The quantitative estimate of drug-likeness (QED) is 0.821. The predicted octanol–water partition coefficient (Wildman–Crippen LogP) is 2.39. The van der Waals surface area contributed by atoms with E-state index in [4.69, 9.17) is 22.3 Å². The number of benzene rings is 1. The summed E-state index contributed by atoms with van der Waals surface area (Å²) in [5, 5.41) is 15.7. The third-order valence-electron chi connectivity index (χ3n) is 2.52. The number of aromatic nitrogens is 2. The molecule has 2 aromatic rings. The van der Waals surface area contributed by atoms with Gasteiger partial charge in [-0.25, -0.2) is 4.85 Å². The van der Waals surface area contributed by atoms with E-state index in [1.54, 1.807) is 12.1 Å². The van der Waals surface area contributed by atoms with E-state index in [9.17, 15) is 0 Å². The number of hydrogen-bond acceptors (Lipinski definition) is 4. The first-order valence-corrected chi connectivity index (χ1v) is 5.52. The van der Waals surface area contributed by atoms with Crippen LogP contribution in [-0.4, -0.2) is 10.2 Å². The molecule has 0 aliphatic heterocycles. The SMILES string of the molecule is [C-]#[N+]c1cc(C#N)cc(Oc2c(CN)n[nH]c2C)c1. The van der Waals surface area contributed by atoms with Gasteiger partial charge in [0.05, 0.1) is 18.3 Å². The van der Waals surface area contributed by atoms with Gasteiger partial charge in [0.15, 0.2) is 11.4 Å². The zero-order valence-electron chi connectivity index (χ0n) is 10.3. The summed E-state index contributed by atoms with van der Waals surface area (Å²) in [5.41, 5.74) is 7.64. The van der Waals surface area contributed by atoms with Crippen molar-refractivity contribution in [2.75, 3.05) is 0 Å². The van der Waals surface area contributed by atoms with Crippen LogP contribution in [0.5, 0.6) is 11.5 Å². The highest BCUT2D eigenvalue weighted by molar-refractivity contribution is 5.56. The van der Waals surface area contributed by atoms with Gasteiger partial charge in [0.1, 0.15) is 11.4 Å². The summed E-state index contributed by atoms with van der Waals surface area (Å²) in [6, 6.07) is 6.64. The lowest BCUT2D eigenvalue weighted by atomic mass is 10.2. The van der Waals surface area contributed by atoms with E-state index in [1.807, 2.05) is 13.0 Å². The van der Waals surface area contributed by atoms with E-state index in [0.29, 0.717) is 28.4 Å². The largest absolute Gasteiger partial charge is 0.455 e. The molecule has 1 aromatic heterocycles. The van der Waals surface area contributed by atoms with Gasteiger partial charge < -0.3 is 10.5 Å². The smallest absolute Gasteiger partial charge is 0.192 e. The van der Waals surface area contributed by atoms with Crippen LogP contribution >= 0.6 is 0 Å². The molecule has 2 rings (SSSR count). The Morgan fingerprint density at radius 2 is 2.32 bits per heavy atom. The number of H-pyrrole nitrogens is 1. The zero-order chi connectivity index (χ0) is 13.8. The van der Waals surface area contributed by atoms with Crippen LogP contribution in [0.2, 0.25) is 0 Å². The lowest BCUT2D eigenvalue weighted by molar-refractivity contribution is 0.473. The Bertz CT molecular complexity index is 658. The Labute approximate surface area is 110 Å². The van der Waals surface area contributed by atoms with Gasteiger partial charge in [-0.15, -0.1) is 0 Å². The van der Waals surface area contributed by atoms with Crippen molar-refractivity contribution in [1.29, 1.82) is 5.26 Å². The van der Waals surface area contributed by atoms with Crippen LogP contribution in [0.1, 0.15) is 17.0 Å². The highest BCUT2D eigenvalue weighted by atomic mass is 16.5. The minimum Gasteiger partial charge on any atom is -0.455 e. The number of nitrogens with zero attached hydrogens (tertiary/aromatic N) is 3. The highest BCUT2D eigenvalue weighted by Crippen LogP contribution is 2.30. The Morgan fingerprint density at radius 1 is 1.53 bits per heavy atom. The first-order valence-electron chi connectivity index (χ1n) is 5.52. The van der Waals surface area contributed by atoms with Crippen LogP contribution in [0, 0.1) is 24.8 Å². The molecule has 0 unspecified atom stereocenters. The molecule has 0 saturated carbocycles. The zero-order valence-corrected chi connectivity index (χ0v) is 10.3. The summed E-state index contributed by atoms with van der Waals surface area (Å²) >= 11 is 0. The Balaban J connectivity index is 2.41. The summed E-state index contributed by atoms with van der Waals surface area (Å²) in [6.07, 6.45) is 0. The van der Waals surface area contributed by atoms with Crippen LogP contribution in [0.4, 0.5) is 5.69 Å². The maximum absolute atomic E-state index is 8.92. The molecule has 0 atom stereocenters. The summed E-state index contributed by atoms with van der Waals surface area (Å²) in [6.45, 7) is 9.06. The number of nitriles is 1. The second-order valence-corrected chi connectivity index (χ2v) is 3.87. The average molecular weight is 253 g/mol. The van der Waals surface area contributed by atoms with Crippen molar-refractivity contribution in [3.05, 3.63) is 46.6 Å². The molecule has 0 bridgehead atoms. The summed E-state index contributed by atoms with van der Waals surface area (Å²) < 4.78 is 5.69.